The average molecular weight is 213 g/mol. The monoisotopic (exact) mass is 213 g/mol. The molecule has 0 spiro atoms. The summed E-state index contributed by atoms with van der Waals surface area (Å²) in [5.41, 5.74) is -0.444. The van der Waals surface area contributed by atoms with Crippen molar-refractivity contribution in [2.24, 2.45) is 11.8 Å². The van der Waals surface area contributed by atoms with E-state index in [0.717, 1.165) is 19.5 Å². The van der Waals surface area contributed by atoms with Crippen LogP contribution in [0.1, 0.15) is 52.9 Å². The van der Waals surface area contributed by atoms with Gasteiger partial charge in [0.2, 0.25) is 0 Å². The van der Waals surface area contributed by atoms with Gasteiger partial charge in [0.05, 0.1) is 5.60 Å². The van der Waals surface area contributed by atoms with E-state index in [1.165, 1.54) is 25.7 Å². The second-order valence-electron chi connectivity index (χ2n) is 5.69. The van der Waals surface area contributed by atoms with Gasteiger partial charge in [0.15, 0.2) is 0 Å². The molecule has 2 N–H and O–H groups in total. The molecule has 0 saturated heterocycles. The van der Waals surface area contributed by atoms with E-state index < -0.39 is 5.60 Å². The van der Waals surface area contributed by atoms with E-state index in [-0.39, 0.29) is 0 Å². The minimum absolute atomic E-state index is 0.444. The molecule has 0 aromatic heterocycles. The Balaban J connectivity index is 2.17. The fourth-order valence-corrected chi connectivity index (χ4v) is 2.48. The van der Waals surface area contributed by atoms with Crippen LogP contribution < -0.4 is 5.32 Å². The molecule has 0 aliphatic heterocycles. The number of nitrogens with one attached hydrogen (secondary N) is 1. The fraction of sp³-hybridized carbons (Fsp3) is 1.00. The number of rotatable bonds is 6. The van der Waals surface area contributed by atoms with Crippen LogP contribution in [-0.4, -0.2) is 23.8 Å². The van der Waals surface area contributed by atoms with Gasteiger partial charge in [-0.05, 0) is 51.1 Å². The molecular weight excluding hydrogens is 186 g/mol. The molecule has 0 aromatic carbocycles. The summed E-state index contributed by atoms with van der Waals surface area (Å²) in [6, 6.07) is 0. The lowest BCUT2D eigenvalue weighted by molar-refractivity contribution is -0.00590. The van der Waals surface area contributed by atoms with Crippen LogP contribution >= 0.6 is 0 Å². The largest absolute Gasteiger partial charge is 0.390 e. The molecule has 1 saturated carbocycles. The molecule has 0 aromatic rings. The SMILES string of the molecule is CC(C)CNCCC(C)(O)C1CCCC1. The van der Waals surface area contributed by atoms with Gasteiger partial charge in [0, 0.05) is 0 Å². The van der Waals surface area contributed by atoms with E-state index in [1.807, 2.05) is 6.92 Å². The maximum absolute atomic E-state index is 10.3. The highest BCUT2D eigenvalue weighted by atomic mass is 16.3. The Kier molecular flexibility index (Phi) is 5.07. The average Bonchev–Trinajstić information content (AvgIpc) is 2.65. The molecule has 1 rings (SSSR count). The highest BCUT2D eigenvalue weighted by Gasteiger charge is 2.33. The fourth-order valence-electron chi connectivity index (χ4n) is 2.48. The van der Waals surface area contributed by atoms with E-state index in [1.54, 1.807) is 0 Å². The summed E-state index contributed by atoms with van der Waals surface area (Å²) >= 11 is 0. The van der Waals surface area contributed by atoms with Crippen molar-refractivity contribution in [2.75, 3.05) is 13.1 Å². The van der Waals surface area contributed by atoms with E-state index in [4.69, 9.17) is 0 Å². The van der Waals surface area contributed by atoms with Crippen LogP contribution in [0.25, 0.3) is 0 Å². The van der Waals surface area contributed by atoms with Crippen molar-refractivity contribution in [3.63, 3.8) is 0 Å². The van der Waals surface area contributed by atoms with Gasteiger partial charge in [-0.1, -0.05) is 26.7 Å². The maximum Gasteiger partial charge on any atom is 0.0659 e. The minimum Gasteiger partial charge on any atom is -0.390 e. The Bertz CT molecular complexity index is 171. The predicted octanol–water partition coefficient (Wildman–Crippen LogP) is 2.56. The lowest BCUT2D eigenvalue weighted by atomic mass is 9.85. The zero-order valence-electron chi connectivity index (χ0n) is 10.6. The standard InChI is InChI=1S/C13H27NO/c1-11(2)10-14-9-8-13(3,15)12-6-4-5-7-12/h11-12,14-15H,4-10H2,1-3H3. The van der Waals surface area contributed by atoms with Crippen LogP contribution in [0.4, 0.5) is 0 Å². The lowest BCUT2D eigenvalue weighted by Crippen LogP contribution is -2.37. The van der Waals surface area contributed by atoms with E-state index >= 15 is 0 Å². The molecule has 2 nitrogen and oxygen atoms in total. The van der Waals surface area contributed by atoms with Crippen LogP contribution in [0.3, 0.4) is 0 Å². The molecule has 1 aliphatic carbocycles. The molecule has 90 valence electrons. The van der Waals surface area contributed by atoms with Crippen molar-refractivity contribution in [3.05, 3.63) is 0 Å². The van der Waals surface area contributed by atoms with E-state index in [2.05, 4.69) is 19.2 Å². The Morgan fingerprint density at radius 3 is 2.47 bits per heavy atom. The van der Waals surface area contributed by atoms with Gasteiger partial charge in [0.1, 0.15) is 0 Å². The molecule has 0 heterocycles. The van der Waals surface area contributed by atoms with Gasteiger partial charge in [-0.3, -0.25) is 0 Å². The zero-order valence-corrected chi connectivity index (χ0v) is 10.6. The van der Waals surface area contributed by atoms with Gasteiger partial charge >= 0.3 is 0 Å². The highest BCUT2D eigenvalue weighted by molar-refractivity contribution is 4.85. The molecule has 0 amide bonds. The minimum atomic E-state index is -0.444. The van der Waals surface area contributed by atoms with Gasteiger partial charge in [-0.25, -0.2) is 0 Å². The van der Waals surface area contributed by atoms with Gasteiger partial charge < -0.3 is 10.4 Å². The first-order valence-electron chi connectivity index (χ1n) is 6.45. The van der Waals surface area contributed by atoms with Crippen LogP contribution in [-0.2, 0) is 0 Å². The Hall–Kier alpha value is -0.0800. The number of hydrogen-bond donors (Lipinski definition) is 2. The van der Waals surface area contributed by atoms with Crippen LogP contribution in [0.5, 0.6) is 0 Å². The van der Waals surface area contributed by atoms with Gasteiger partial charge in [-0.2, -0.15) is 0 Å². The first-order valence-corrected chi connectivity index (χ1v) is 6.45. The van der Waals surface area contributed by atoms with Crippen molar-refractivity contribution in [1.29, 1.82) is 0 Å². The maximum atomic E-state index is 10.3. The Morgan fingerprint density at radius 1 is 1.33 bits per heavy atom. The first-order chi connectivity index (χ1) is 7.02. The molecule has 1 aliphatic rings. The first kappa shape index (κ1) is 13.0. The Labute approximate surface area is 94.5 Å². The lowest BCUT2D eigenvalue weighted by Gasteiger charge is -2.30. The molecule has 1 atom stereocenters. The highest BCUT2D eigenvalue weighted by Crippen LogP contribution is 2.35. The number of aliphatic hydroxyl groups is 1. The Morgan fingerprint density at radius 2 is 1.93 bits per heavy atom. The van der Waals surface area contributed by atoms with Gasteiger partial charge in [0.25, 0.3) is 0 Å². The summed E-state index contributed by atoms with van der Waals surface area (Å²) in [6.45, 7) is 8.44. The van der Waals surface area contributed by atoms with Crippen LogP contribution in [0.2, 0.25) is 0 Å². The van der Waals surface area contributed by atoms with E-state index in [0.29, 0.717) is 11.8 Å². The molecule has 1 unspecified atom stereocenters. The van der Waals surface area contributed by atoms with Crippen LogP contribution in [0.15, 0.2) is 0 Å². The third-order valence-electron chi connectivity index (χ3n) is 3.60. The molecular formula is C13H27NO. The summed E-state index contributed by atoms with van der Waals surface area (Å²) in [5, 5.41) is 13.7. The van der Waals surface area contributed by atoms with Crippen molar-refractivity contribution in [2.45, 2.75) is 58.5 Å². The van der Waals surface area contributed by atoms with Gasteiger partial charge in [-0.15, -0.1) is 0 Å². The smallest absolute Gasteiger partial charge is 0.0659 e. The molecule has 1 fully saturated rings. The molecule has 0 radical (unpaired) electrons. The summed E-state index contributed by atoms with van der Waals surface area (Å²) in [4.78, 5) is 0. The van der Waals surface area contributed by atoms with Crippen molar-refractivity contribution >= 4 is 0 Å². The van der Waals surface area contributed by atoms with Crippen LogP contribution in [0, 0.1) is 11.8 Å². The normalized spacial score (nSPS) is 22.2. The third kappa shape index (κ3) is 4.52. The topological polar surface area (TPSA) is 32.3 Å². The quantitative estimate of drug-likeness (QED) is 0.665. The number of hydrogen-bond acceptors (Lipinski definition) is 2. The van der Waals surface area contributed by atoms with Crippen molar-refractivity contribution < 1.29 is 5.11 Å². The van der Waals surface area contributed by atoms with E-state index in [9.17, 15) is 5.11 Å². The predicted molar refractivity (Wildman–Crippen MR) is 64.9 cm³/mol. The third-order valence-corrected chi connectivity index (χ3v) is 3.60. The second kappa shape index (κ2) is 5.86. The summed E-state index contributed by atoms with van der Waals surface area (Å²) < 4.78 is 0. The summed E-state index contributed by atoms with van der Waals surface area (Å²) in [7, 11) is 0. The zero-order chi connectivity index (χ0) is 11.3. The summed E-state index contributed by atoms with van der Waals surface area (Å²) in [5.74, 6) is 1.24. The molecule has 0 bridgehead atoms. The van der Waals surface area contributed by atoms with Crippen molar-refractivity contribution in [1.82, 2.24) is 5.32 Å². The summed E-state index contributed by atoms with van der Waals surface area (Å²) in [6.07, 6.45) is 5.94. The molecule has 15 heavy (non-hydrogen) atoms. The van der Waals surface area contributed by atoms with Crippen molar-refractivity contribution in [3.8, 4) is 0 Å². The molecule has 2 heteroatoms. The second-order valence-corrected chi connectivity index (χ2v) is 5.69.